The van der Waals surface area contributed by atoms with Crippen LogP contribution in [0.4, 0.5) is 0 Å². The second kappa shape index (κ2) is 4.42. The molecule has 2 rings (SSSR count). The number of fused-ring (bicyclic) bond motifs is 1. The van der Waals surface area contributed by atoms with Gasteiger partial charge in [-0.15, -0.1) is 0 Å². The molecule has 2 nitrogen and oxygen atoms in total. The van der Waals surface area contributed by atoms with E-state index in [1.807, 2.05) is 30.5 Å². The van der Waals surface area contributed by atoms with E-state index in [1.165, 1.54) is 5.39 Å². The molecule has 1 heterocycles. The average molecular weight is 252 g/mol. The van der Waals surface area contributed by atoms with Crippen molar-refractivity contribution in [2.75, 3.05) is 11.9 Å². The van der Waals surface area contributed by atoms with Crippen molar-refractivity contribution in [2.24, 2.45) is 0 Å². The molecule has 0 aliphatic carbocycles. The van der Waals surface area contributed by atoms with Crippen molar-refractivity contribution in [1.29, 1.82) is 0 Å². The molecule has 0 saturated heterocycles. The van der Waals surface area contributed by atoms with E-state index in [-0.39, 0.29) is 0 Å². The molecule has 0 N–H and O–H groups in total. The minimum atomic E-state index is 0.686. The van der Waals surface area contributed by atoms with Crippen LogP contribution < -0.4 is 4.74 Å². The van der Waals surface area contributed by atoms with Gasteiger partial charge in [-0.2, -0.15) is 0 Å². The Morgan fingerprint density at radius 1 is 1.21 bits per heavy atom. The summed E-state index contributed by atoms with van der Waals surface area (Å²) in [6.07, 6.45) is 3.64. The molecule has 3 heteroatoms. The summed E-state index contributed by atoms with van der Waals surface area (Å²) in [5.41, 5.74) is 0. The summed E-state index contributed by atoms with van der Waals surface area (Å²) >= 11 is 3.32. The second-order valence-corrected chi connectivity index (χ2v) is 3.72. The van der Waals surface area contributed by atoms with Crippen molar-refractivity contribution in [3.8, 4) is 5.75 Å². The summed E-state index contributed by atoms with van der Waals surface area (Å²) in [6, 6.07) is 8.01. The zero-order valence-corrected chi connectivity index (χ0v) is 9.20. The molecule has 0 saturated carbocycles. The minimum absolute atomic E-state index is 0.686. The third-order valence-electron chi connectivity index (χ3n) is 1.96. The number of benzene rings is 1. The third-order valence-corrected chi connectivity index (χ3v) is 2.28. The van der Waals surface area contributed by atoms with Gasteiger partial charge in [0.1, 0.15) is 5.75 Å². The Balaban J connectivity index is 2.32. The van der Waals surface area contributed by atoms with Crippen LogP contribution in [-0.4, -0.2) is 16.9 Å². The van der Waals surface area contributed by atoms with Crippen molar-refractivity contribution in [3.05, 3.63) is 36.7 Å². The highest BCUT2D eigenvalue weighted by Crippen LogP contribution is 2.19. The lowest BCUT2D eigenvalue weighted by Crippen LogP contribution is -1.97. The molecule has 0 aliphatic rings. The van der Waals surface area contributed by atoms with Crippen LogP contribution >= 0.6 is 15.9 Å². The molecule has 1 aromatic carbocycles. The van der Waals surface area contributed by atoms with Gasteiger partial charge in [0.15, 0.2) is 0 Å². The van der Waals surface area contributed by atoms with Crippen molar-refractivity contribution in [1.82, 2.24) is 4.98 Å². The first-order valence-corrected chi connectivity index (χ1v) is 5.55. The molecule has 0 spiro atoms. The Morgan fingerprint density at radius 3 is 3.00 bits per heavy atom. The SMILES string of the molecule is BrCCOc1ccc2ccncc2c1. The van der Waals surface area contributed by atoms with Crippen LogP contribution in [0.25, 0.3) is 10.8 Å². The molecular formula is C11H10BrNO. The van der Waals surface area contributed by atoms with E-state index in [4.69, 9.17) is 4.74 Å². The van der Waals surface area contributed by atoms with Crippen LogP contribution in [0.3, 0.4) is 0 Å². The highest BCUT2D eigenvalue weighted by atomic mass is 79.9. The first-order chi connectivity index (χ1) is 6.90. The molecule has 2 aromatic rings. The number of rotatable bonds is 3. The van der Waals surface area contributed by atoms with E-state index >= 15 is 0 Å². The predicted molar refractivity (Wildman–Crippen MR) is 61.0 cm³/mol. The van der Waals surface area contributed by atoms with Crippen molar-refractivity contribution in [3.63, 3.8) is 0 Å². The third kappa shape index (κ3) is 2.04. The van der Waals surface area contributed by atoms with E-state index in [9.17, 15) is 0 Å². The van der Waals surface area contributed by atoms with Gasteiger partial charge in [-0.1, -0.05) is 22.0 Å². The van der Waals surface area contributed by atoms with E-state index in [0.717, 1.165) is 16.5 Å². The standard InChI is InChI=1S/C11H10BrNO/c12-4-6-14-11-2-1-9-3-5-13-8-10(9)7-11/h1-3,5,7-8H,4,6H2. The highest BCUT2D eigenvalue weighted by Gasteiger charge is 1.96. The maximum Gasteiger partial charge on any atom is 0.120 e. The molecule has 0 radical (unpaired) electrons. The van der Waals surface area contributed by atoms with Crippen LogP contribution in [-0.2, 0) is 0 Å². The fraction of sp³-hybridized carbons (Fsp3) is 0.182. The van der Waals surface area contributed by atoms with Gasteiger partial charge in [0.2, 0.25) is 0 Å². The summed E-state index contributed by atoms with van der Waals surface area (Å²) in [5.74, 6) is 0.893. The second-order valence-electron chi connectivity index (χ2n) is 2.92. The predicted octanol–water partition coefficient (Wildman–Crippen LogP) is 3.01. The monoisotopic (exact) mass is 251 g/mol. The quantitative estimate of drug-likeness (QED) is 0.783. The van der Waals surface area contributed by atoms with Crippen molar-refractivity contribution >= 4 is 26.7 Å². The number of aromatic nitrogens is 1. The maximum atomic E-state index is 5.49. The summed E-state index contributed by atoms with van der Waals surface area (Å²) in [7, 11) is 0. The topological polar surface area (TPSA) is 22.1 Å². The van der Waals surface area contributed by atoms with Gasteiger partial charge in [-0.25, -0.2) is 0 Å². The molecule has 0 aliphatic heterocycles. The van der Waals surface area contributed by atoms with Gasteiger partial charge in [-0.05, 0) is 23.6 Å². The Kier molecular flexibility index (Phi) is 2.99. The van der Waals surface area contributed by atoms with Crippen molar-refractivity contribution in [2.45, 2.75) is 0 Å². The number of hydrogen-bond acceptors (Lipinski definition) is 2. The lowest BCUT2D eigenvalue weighted by Gasteiger charge is -2.04. The lowest BCUT2D eigenvalue weighted by molar-refractivity contribution is 0.345. The van der Waals surface area contributed by atoms with Gasteiger partial charge in [0.05, 0.1) is 6.61 Å². The number of ether oxygens (including phenoxy) is 1. The average Bonchev–Trinajstić information content (AvgIpc) is 2.26. The normalized spacial score (nSPS) is 10.4. The maximum absolute atomic E-state index is 5.49. The molecule has 72 valence electrons. The fourth-order valence-electron chi connectivity index (χ4n) is 1.31. The summed E-state index contributed by atoms with van der Waals surface area (Å²) in [4.78, 5) is 4.07. The zero-order valence-electron chi connectivity index (χ0n) is 7.61. The van der Waals surface area contributed by atoms with E-state index in [1.54, 1.807) is 6.20 Å². The van der Waals surface area contributed by atoms with Crippen LogP contribution in [0.5, 0.6) is 5.75 Å². The summed E-state index contributed by atoms with van der Waals surface area (Å²) < 4.78 is 5.49. The smallest absolute Gasteiger partial charge is 0.120 e. The van der Waals surface area contributed by atoms with Crippen LogP contribution in [0.1, 0.15) is 0 Å². The van der Waals surface area contributed by atoms with Gasteiger partial charge in [0, 0.05) is 23.1 Å². The molecule has 0 unspecified atom stereocenters. The summed E-state index contributed by atoms with van der Waals surface area (Å²) in [6.45, 7) is 0.686. The molecule has 14 heavy (non-hydrogen) atoms. The Hall–Kier alpha value is -1.09. The Labute approximate surface area is 91.0 Å². The summed E-state index contributed by atoms with van der Waals surface area (Å²) in [5, 5.41) is 3.14. The Bertz CT molecular complexity index is 430. The van der Waals surface area contributed by atoms with Crippen LogP contribution in [0.15, 0.2) is 36.7 Å². The molecular weight excluding hydrogens is 242 g/mol. The molecule has 1 aromatic heterocycles. The van der Waals surface area contributed by atoms with E-state index in [0.29, 0.717) is 6.61 Å². The van der Waals surface area contributed by atoms with Crippen LogP contribution in [0.2, 0.25) is 0 Å². The molecule has 0 atom stereocenters. The molecule has 0 amide bonds. The number of pyridine rings is 1. The number of halogens is 1. The first kappa shape index (κ1) is 9.46. The van der Waals surface area contributed by atoms with E-state index < -0.39 is 0 Å². The zero-order chi connectivity index (χ0) is 9.80. The van der Waals surface area contributed by atoms with Crippen LogP contribution in [0, 0.1) is 0 Å². The lowest BCUT2D eigenvalue weighted by atomic mass is 10.2. The highest BCUT2D eigenvalue weighted by molar-refractivity contribution is 9.09. The number of alkyl halides is 1. The van der Waals surface area contributed by atoms with Crippen molar-refractivity contribution < 1.29 is 4.74 Å². The van der Waals surface area contributed by atoms with E-state index in [2.05, 4.69) is 20.9 Å². The minimum Gasteiger partial charge on any atom is -0.493 e. The Morgan fingerprint density at radius 2 is 2.14 bits per heavy atom. The van der Waals surface area contributed by atoms with Gasteiger partial charge >= 0.3 is 0 Å². The van der Waals surface area contributed by atoms with Gasteiger partial charge in [0.25, 0.3) is 0 Å². The molecule has 0 bridgehead atoms. The van der Waals surface area contributed by atoms with Gasteiger partial charge < -0.3 is 4.74 Å². The largest absolute Gasteiger partial charge is 0.493 e. The number of nitrogens with zero attached hydrogens (tertiary/aromatic N) is 1. The molecule has 0 fully saturated rings. The number of hydrogen-bond donors (Lipinski definition) is 0. The fourth-order valence-corrected chi connectivity index (χ4v) is 1.47. The first-order valence-electron chi connectivity index (χ1n) is 4.43. The van der Waals surface area contributed by atoms with Gasteiger partial charge in [-0.3, -0.25) is 4.98 Å².